The van der Waals surface area contributed by atoms with E-state index in [9.17, 15) is 14.9 Å². The second-order valence-electron chi connectivity index (χ2n) is 5.09. The second-order valence-corrected chi connectivity index (χ2v) is 5.09. The molecule has 2 atom stereocenters. The Kier molecular flexibility index (Phi) is 4.03. The molecule has 0 aliphatic carbocycles. The highest BCUT2D eigenvalue weighted by Crippen LogP contribution is 2.14. The standard InChI is InChI=1S/C12H18N4O4/c1-8-4-15(5-9(2)20-8)12(17)7-14-6-11(16(18)19)13-10(14)3/h6,8-9H,4-5,7H2,1-3H3. The molecule has 1 aliphatic rings. The molecule has 0 radical (unpaired) electrons. The number of carbonyl (C=O) groups excluding carboxylic acids is 1. The summed E-state index contributed by atoms with van der Waals surface area (Å²) < 4.78 is 7.08. The van der Waals surface area contributed by atoms with Crippen molar-refractivity contribution < 1.29 is 14.5 Å². The second kappa shape index (κ2) is 5.58. The van der Waals surface area contributed by atoms with Crippen molar-refractivity contribution in [1.82, 2.24) is 14.5 Å². The fourth-order valence-corrected chi connectivity index (χ4v) is 2.37. The molecule has 2 heterocycles. The summed E-state index contributed by atoms with van der Waals surface area (Å²) in [5.41, 5.74) is 0. The zero-order chi connectivity index (χ0) is 14.9. The van der Waals surface area contributed by atoms with E-state index in [0.29, 0.717) is 18.9 Å². The molecule has 0 bridgehead atoms. The van der Waals surface area contributed by atoms with E-state index in [1.54, 1.807) is 11.8 Å². The number of imidazole rings is 1. The third-order valence-electron chi connectivity index (χ3n) is 3.23. The Balaban J connectivity index is 2.06. The minimum absolute atomic E-state index is 0.000852. The lowest BCUT2D eigenvalue weighted by Crippen LogP contribution is -2.49. The van der Waals surface area contributed by atoms with E-state index in [4.69, 9.17) is 4.74 Å². The molecule has 2 rings (SSSR count). The lowest BCUT2D eigenvalue weighted by atomic mass is 10.2. The smallest absolute Gasteiger partial charge is 0.372 e. The van der Waals surface area contributed by atoms with Crippen LogP contribution in [0, 0.1) is 17.0 Å². The predicted molar refractivity (Wildman–Crippen MR) is 70.2 cm³/mol. The molecule has 1 amide bonds. The predicted octanol–water partition coefficient (Wildman–Crippen LogP) is 0.736. The van der Waals surface area contributed by atoms with Crippen LogP contribution in [-0.4, -0.2) is 50.6 Å². The van der Waals surface area contributed by atoms with Gasteiger partial charge in [0.1, 0.15) is 12.7 Å². The van der Waals surface area contributed by atoms with Gasteiger partial charge >= 0.3 is 5.82 Å². The first-order valence-electron chi connectivity index (χ1n) is 6.48. The SMILES string of the molecule is Cc1nc([N+](=O)[O-])cn1CC(=O)N1CC(C)OC(C)C1. The third kappa shape index (κ3) is 3.13. The summed E-state index contributed by atoms with van der Waals surface area (Å²) in [7, 11) is 0. The van der Waals surface area contributed by atoms with Gasteiger partial charge in [-0.2, -0.15) is 0 Å². The van der Waals surface area contributed by atoms with Gasteiger partial charge in [-0.1, -0.05) is 0 Å². The number of rotatable bonds is 3. The lowest BCUT2D eigenvalue weighted by Gasteiger charge is -2.35. The van der Waals surface area contributed by atoms with Gasteiger partial charge < -0.3 is 19.8 Å². The van der Waals surface area contributed by atoms with Crippen molar-refractivity contribution in [2.45, 2.75) is 39.5 Å². The molecule has 20 heavy (non-hydrogen) atoms. The molecule has 2 unspecified atom stereocenters. The van der Waals surface area contributed by atoms with Crippen LogP contribution in [0.3, 0.4) is 0 Å². The number of nitro groups is 1. The van der Waals surface area contributed by atoms with Crippen LogP contribution < -0.4 is 0 Å². The van der Waals surface area contributed by atoms with Gasteiger partial charge in [0.2, 0.25) is 11.7 Å². The van der Waals surface area contributed by atoms with Crippen LogP contribution in [0.5, 0.6) is 0 Å². The Hall–Kier alpha value is -1.96. The summed E-state index contributed by atoms with van der Waals surface area (Å²) in [6.07, 6.45) is 1.29. The molecule has 1 fully saturated rings. The monoisotopic (exact) mass is 282 g/mol. The van der Waals surface area contributed by atoms with E-state index < -0.39 is 4.92 Å². The zero-order valence-corrected chi connectivity index (χ0v) is 11.8. The molecule has 8 heteroatoms. The van der Waals surface area contributed by atoms with Crippen molar-refractivity contribution in [3.63, 3.8) is 0 Å². The maximum absolute atomic E-state index is 12.2. The maximum atomic E-state index is 12.2. The number of carbonyl (C=O) groups is 1. The van der Waals surface area contributed by atoms with Crippen molar-refractivity contribution in [2.75, 3.05) is 13.1 Å². The van der Waals surface area contributed by atoms with E-state index in [1.165, 1.54) is 10.8 Å². The Labute approximate surface area is 116 Å². The molecular formula is C12H18N4O4. The molecule has 0 saturated carbocycles. The van der Waals surface area contributed by atoms with Gasteiger partial charge in [0.15, 0.2) is 0 Å². The number of amides is 1. The minimum atomic E-state index is -0.563. The van der Waals surface area contributed by atoms with E-state index >= 15 is 0 Å². The van der Waals surface area contributed by atoms with Crippen LogP contribution in [0.4, 0.5) is 5.82 Å². The largest absolute Gasteiger partial charge is 0.381 e. The van der Waals surface area contributed by atoms with Crippen LogP contribution in [0.25, 0.3) is 0 Å². The van der Waals surface area contributed by atoms with E-state index in [2.05, 4.69) is 4.98 Å². The van der Waals surface area contributed by atoms with Gasteiger partial charge in [-0.25, -0.2) is 0 Å². The van der Waals surface area contributed by atoms with Gasteiger partial charge in [0, 0.05) is 20.0 Å². The Morgan fingerprint density at radius 1 is 1.50 bits per heavy atom. The maximum Gasteiger partial charge on any atom is 0.381 e. The van der Waals surface area contributed by atoms with E-state index in [-0.39, 0.29) is 30.5 Å². The van der Waals surface area contributed by atoms with Gasteiger partial charge in [-0.3, -0.25) is 9.36 Å². The summed E-state index contributed by atoms with van der Waals surface area (Å²) in [6.45, 7) is 6.63. The average Bonchev–Trinajstić information content (AvgIpc) is 2.70. The van der Waals surface area contributed by atoms with Crippen LogP contribution in [0.1, 0.15) is 19.7 Å². The van der Waals surface area contributed by atoms with E-state index in [1.807, 2.05) is 13.8 Å². The highest BCUT2D eigenvalue weighted by atomic mass is 16.6. The summed E-state index contributed by atoms with van der Waals surface area (Å²) >= 11 is 0. The fourth-order valence-electron chi connectivity index (χ4n) is 2.37. The number of ether oxygens (including phenoxy) is 1. The van der Waals surface area contributed by atoms with Crippen LogP contribution in [0.2, 0.25) is 0 Å². The quantitative estimate of drug-likeness (QED) is 0.602. The number of aryl methyl sites for hydroxylation is 1. The van der Waals surface area contributed by atoms with Crippen LogP contribution in [-0.2, 0) is 16.1 Å². The molecule has 0 aromatic carbocycles. The van der Waals surface area contributed by atoms with Crippen molar-refractivity contribution >= 4 is 11.7 Å². The Bertz CT molecular complexity index is 518. The summed E-state index contributed by atoms with van der Waals surface area (Å²) in [5, 5.41) is 10.7. The molecule has 0 N–H and O–H groups in total. The average molecular weight is 282 g/mol. The highest BCUT2D eigenvalue weighted by Gasteiger charge is 2.27. The first-order chi connectivity index (χ1) is 9.36. The number of aromatic nitrogens is 2. The molecule has 0 spiro atoms. The Morgan fingerprint density at radius 3 is 2.60 bits per heavy atom. The zero-order valence-electron chi connectivity index (χ0n) is 11.8. The first-order valence-corrected chi connectivity index (χ1v) is 6.48. The van der Waals surface area contributed by atoms with Crippen LogP contribution >= 0.6 is 0 Å². The number of nitrogens with zero attached hydrogens (tertiary/aromatic N) is 4. The van der Waals surface area contributed by atoms with Crippen molar-refractivity contribution in [3.05, 3.63) is 22.1 Å². The number of hydrogen-bond acceptors (Lipinski definition) is 5. The molecule has 110 valence electrons. The summed E-state index contributed by atoms with van der Waals surface area (Å²) in [6, 6.07) is 0. The fraction of sp³-hybridized carbons (Fsp3) is 0.667. The molecule has 1 saturated heterocycles. The normalized spacial score (nSPS) is 22.9. The minimum Gasteiger partial charge on any atom is -0.372 e. The third-order valence-corrected chi connectivity index (χ3v) is 3.23. The first kappa shape index (κ1) is 14.4. The van der Waals surface area contributed by atoms with Gasteiger partial charge in [-0.15, -0.1) is 0 Å². The molecule has 8 nitrogen and oxygen atoms in total. The van der Waals surface area contributed by atoms with Gasteiger partial charge in [-0.05, 0) is 23.8 Å². The number of hydrogen-bond donors (Lipinski definition) is 0. The van der Waals surface area contributed by atoms with Crippen LogP contribution in [0.15, 0.2) is 6.20 Å². The Morgan fingerprint density at radius 2 is 2.10 bits per heavy atom. The van der Waals surface area contributed by atoms with E-state index in [0.717, 1.165) is 0 Å². The number of morpholine rings is 1. The lowest BCUT2D eigenvalue weighted by molar-refractivity contribution is -0.389. The topological polar surface area (TPSA) is 90.5 Å². The molecular weight excluding hydrogens is 264 g/mol. The highest BCUT2D eigenvalue weighted by molar-refractivity contribution is 5.76. The summed E-state index contributed by atoms with van der Waals surface area (Å²) in [5.74, 6) is 0.140. The molecule has 1 aromatic rings. The summed E-state index contributed by atoms with van der Waals surface area (Å²) in [4.78, 5) is 27.9. The van der Waals surface area contributed by atoms with Gasteiger partial charge in [0.05, 0.1) is 12.2 Å². The van der Waals surface area contributed by atoms with Crippen molar-refractivity contribution in [1.29, 1.82) is 0 Å². The molecule has 1 aromatic heterocycles. The van der Waals surface area contributed by atoms with Crippen molar-refractivity contribution in [3.8, 4) is 0 Å². The van der Waals surface area contributed by atoms with Gasteiger partial charge in [0.25, 0.3) is 0 Å². The van der Waals surface area contributed by atoms with Crippen molar-refractivity contribution in [2.24, 2.45) is 0 Å². The molecule has 1 aliphatic heterocycles.